The van der Waals surface area contributed by atoms with E-state index in [1.54, 1.807) is 32.6 Å². The average molecular weight is 245 g/mol. The summed E-state index contributed by atoms with van der Waals surface area (Å²) in [6, 6.07) is 7.32. The second-order valence-electron chi connectivity index (χ2n) is 4.18. The molecule has 1 heterocycles. The predicted octanol–water partition coefficient (Wildman–Crippen LogP) is 0.615. The number of benzene rings is 1. The van der Waals surface area contributed by atoms with Gasteiger partial charge in [0.25, 0.3) is 0 Å². The number of rotatable bonds is 3. The SMILES string of the molecule is CN(C)C(=O)Cn1cnc(-c2cccc(N)c2)n1. The van der Waals surface area contributed by atoms with Crippen molar-refractivity contribution >= 4 is 11.6 Å². The van der Waals surface area contributed by atoms with Gasteiger partial charge in [-0.25, -0.2) is 9.67 Å². The first-order chi connectivity index (χ1) is 8.56. The fourth-order valence-corrected chi connectivity index (χ4v) is 1.46. The number of likely N-dealkylation sites (N-methyl/N-ethyl adjacent to an activating group) is 1. The molecule has 94 valence electrons. The van der Waals surface area contributed by atoms with Crippen molar-refractivity contribution in [3.63, 3.8) is 0 Å². The van der Waals surface area contributed by atoms with Gasteiger partial charge in [-0.3, -0.25) is 4.79 Å². The number of amides is 1. The minimum Gasteiger partial charge on any atom is -0.399 e. The molecule has 2 N–H and O–H groups in total. The molecule has 1 aromatic carbocycles. The smallest absolute Gasteiger partial charge is 0.243 e. The number of anilines is 1. The van der Waals surface area contributed by atoms with E-state index in [-0.39, 0.29) is 12.5 Å². The summed E-state index contributed by atoms with van der Waals surface area (Å²) < 4.78 is 1.51. The summed E-state index contributed by atoms with van der Waals surface area (Å²) in [5.41, 5.74) is 7.20. The maximum atomic E-state index is 11.5. The molecule has 6 heteroatoms. The molecule has 0 radical (unpaired) electrons. The van der Waals surface area contributed by atoms with Crippen molar-refractivity contribution in [3.8, 4) is 11.4 Å². The fraction of sp³-hybridized carbons (Fsp3) is 0.250. The van der Waals surface area contributed by atoms with Gasteiger partial charge in [0.05, 0.1) is 0 Å². The third-order valence-electron chi connectivity index (χ3n) is 2.48. The van der Waals surface area contributed by atoms with Crippen molar-refractivity contribution in [1.29, 1.82) is 0 Å². The highest BCUT2D eigenvalue weighted by Crippen LogP contribution is 2.16. The molecule has 0 fully saturated rings. The highest BCUT2D eigenvalue weighted by atomic mass is 16.2. The van der Waals surface area contributed by atoms with Crippen LogP contribution in [0.1, 0.15) is 0 Å². The summed E-state index contributed by atoms with van der Waals surface area (Å²) in [5.74, 6) is 0.535. The average Bonchev–Trinajstić information content (AvgIpc) is 2.77. The lowest BCUT2D eigenvalue weighted by molar-refractivity contribution is -0.129. The molecule has 0 unspecified atom stereocenters. The van der Waals surface area contributed by atoms with Gasteiger partial charge in [0.15, 0.2) is 5.82 Å². The van der Waals surface area contributed by atoms with Crippen LogP contribution in [0, 0.1) is 0 Å². The van der Waals surface area contributed by atoms with E-state index in [9.17, 15) is 4.79 Å². The van der Waals surface area contributed by atoms with E-state index in [1.807, 2.05) is 12.1 Å². The quantitative estimate of drug-likeness (QED) is 0.804. The van der Waals surface area contributed by atoms with Crippen LogP contribution in [-0.2, 0) is 11.3 Å². The first-order valence-electron chi connectivity index (χ1n) is 5.52. The third kappa shape index (κ3) is 2.65. The number of nitrogens with zero attached hydrogens (tertiary/aromatic N) is 4. The predicted molar refractivity (Wildman–Crippen MR) is 68.6 cm³/mol. The van der Waals surface area contributed by atoms with Crippen LogP contribution in [0.3, 0.4) is 0 Å². The summed E-state index contributed by atoms with van der Waals surface area (Å²) in [6.45, 7) is 0.183. The Hall–Kier alpha value is -2.37. The monoisotopic (exact) mass is 245 g/mol. The maximum Gasteiger partial charge on any atom is 0.243 e. The van der Waals surface area contributed by atoms with Crippen LogP contribution >= 0.6 is 0 Å². The molecule has 0 bridgehead atoms. The number of nitrogen functional groups attached to an aromatic ring is 1. The number of hydrogen-bond donors (Lipinski definition) is 1. The minimum atomic E-state index is -0.0287. The second-order valence-corrected chi connectivity index (χ2v) is 4.18. The summed E-state index contributed by atoms with van der Waals surface area (Å²) in [4.78, 5) is 17.2. The van der Waals surface area contributed by atoms with Gasteiger partial charge >= 0.3 is 0 Å². The Labute approximate surface area is 105 Å². The number of carbonyl (C=O) groups excluding carboxylic acids is 1. The molecule has 0 aliphatic carbocycles. The Balaban J connectivity index is 2.18. The van der Waals surface area contributed by atoms with Gasteiger partial charge in [-0.1, -0.05) is 12.1 Å². The number of hydrogen-bond acceptors (Lipinski definition) is 4. The largest absolute Gasteiger partial charge is 0.399 e. The van der Waals surface area contributed by atoms with Crippen LogP contribution in [0.4, 0.5) is 5.69 Å². The van der Waals surface area contributed by atoms with Gasteiger partial charge in [-0.2, -0.15) is 5.10 Å². The van der Waals surface area contributed by atoms with Crippen LogP contribution in [0.15, 0.2) is 30.6 Å². The Kier molecular flexibility index (Phi) is 3.27. The van der Waals surface area contributed by atoms with Crippen LogP contribution in [0.25, 0.3) is 11.4 Å². The lowest BCUT2D eigenvalue weighted by Gasteiger charge is -2.08. The molecule has 2 rings (SSSR count). The summed E-state index contributed by atoms with van der Waals surface area (Å²) >= 11 is 0. The molecule has 0 spiro atoms. The zero-order valence-corrected chi connectivity index (χ0v) is 10.4. The topological polar surface area (TPSA) is 77.0 Å². The van der Waals surface area contributed by atoms with Gasteiger partial charge in [0.1, 0.15) is 12.9 Å². The number of aromatic nitrogens is 3. The van der Waals surface area contributed by atoms with Crippen molar-refractivity contribution < 1.29 is 4.79 Å². The van der Waals surface area contributed by atoms with Crippen LogP contribution in [0.2, 0.25) is 0 Å². The van der Waals surface area contributed by atoms with E-state index in [4.69, 9.17) is 5.73 Å². The summed E-state index contributed by atoms with van der Waals surface area (Å²) in [7, 11) is 3.41. The molecule has 2 aromatic rings. The summed E-state index contributed by atoms with van der Waals surface area (Å²) in [6.07, 6.45) is 1.54. The summed E-state index contributed by atoms with van der Waals surface area (Å²) in [5, 5.41) is 4.25. The molecule has 0 atom stereocenters. The fourth-order valence-electron chi connectivity index (χ4n) is 1.46. The van der Waals surface area contributed by atoms with Crippen molar-refractivity contribution in [2.75, 3.05) is 19.8 Å². The molecule has 0 saturated carbocycles. The number of carbonyl (C=O) groups is 1. The molecule has 6 nitrogen and oxygen atoms in total. The highest BCUT2D eigenvalue weighted by Gasteiger charge is 2.08. The van der Waals surface area contributed by atoms with Crippen LogP contribution < -0.4 is 5.73 Å². The Bertz CT molecular complexity index is 561. The van der Waals surface area contributed by atoms with E-state index < -0.39 is 0 Å². The van der Waals surface area contributed by atoms with Gasteiger partial charge in [0.2, 0.25) is 5.91 Å². The molecule has 1 amide bonds. The molecule has 0 aliphatic rings. The van der Waals surface area contributed by atoms with Crippen LogP contribution in [0.5, 0.6) is 0 Å². The molecular weight excluding hydrogens is 230 g/mol. The Morgan fingerprint density at radius 3 is 2.89 bits per heavy atom. The first kappa shape index (κ1) is 12.1. The van der Waals surface area contributed by atoms with Crippen LogP contribution in [-0.4, -0.2) is 39.7 Å². The number of nitrogens with two attached hydrogens (primary N) is 1. The van der Waals surface area contributed by atoms with Gasteiger partial charge in [-0.05, 0) is 12.1 Å². The zero-order chi connectivity index (χ0) is 13.1. The van der Waals surface area contributed by atoms with E-state index in [1.165, 1.54) is 9.58 Å². The Morgan fingerprint density at radius 1 is 1.44 bits per heavy atom. The standard InChI is InChI=1S/C12H15N5O/c1-16(2)11(18)7-17-8-14-12(15-17)9-4-3-5-10(13)6-9/h3-6,8H,7,13H2,1-2H3. The van der Waals surface area contributed by atoms with Gasteiger partial charge < -0.3 is 10.6 Å². The van der Waals surface area contributed by atoms with E-state index in [0.717, 1.165) is 5.56 Å². The molecule has 0 aliphatic heterocycles. The molecule has 0 saturated heterocycles. The lowest BCUT2D eigenvalue weighted by atomic mass is 10.2. The molecular formula is C12H15N5O. The first-order valence-corrected chi connectivity index (χ1v) is 5.52. The highest BCUT2D eigenvalue weighted by molar-refractivity contribution is 5.75. The van der Waals surface area contributed by atoms with E-state index in [2.05, 4.69) is 10.1 Å². The van der Waals surface area contributed by atoms with E-state index >= 15 is 0 Å². The van der Waals surface area contributed by atoms with E-state index in [0.29, 0.717) is 11.5 Å². The normalized spacial score (nSPS) is 10.3. The van der Waals surface area contributed by atoms with Gasteiger partial charge in [0, 0.05) is 25.3 Å². The minimum absolute atomic E-state index is 0.0287. The maximum absolute atomic E-state index is 11.5. The molecule has 1 aromatic heterocycles. The molecule has 18 heavy (non-hydrogen) atoms. The van der Waals surface area contributed by atoms with Crippen molar-refractivity contribution in [2.45, 2.75) is 6.54 Å². The second kappa shape index (κ2) is 4.87. The zero-order valence-electron chi connectivity index (χ0n) is 10.4. The Morgan fingerprint density at radius 2 is 2.22 bits per heavy atom. The van der Waals surface area contributed by atoms with Crippen molar-refractivity contribution in [1.82, 2.24) is 19.7 Å². The van der Waals surface area contributed by atoms with Crippen molar-refractivity contribution in [3.05, 3.63) is 30.6 Å². The third-order valence-corrected chi connectivity index (χ3v) is 2.48. The lowest BCUT2D eigenvalue weighted by Crippen LogP contribution is -2.26. The van der Waals surface area contributed by atoms with Crippen molar-refractivity contribution in [2.24, 2.45) is 0 Å². The van der Waals surface area contributed by atoms with Gasteiger partial charge in [-0.15, -0.1) is 0 Å².